The molecule has 0 saturated carbocycles. The Hall–Kier alpha value is -8.38. The van der Waals surface area contributed by atoms with Gasteiger partial charge >= 0.3 is 11.9 Å². The molecule has 25 nitrogen and oxygen atoms in total. The zero-order valence-corrected chi connectivity index (χ0v) is 41.1. The maximum atomic E-state index is 14.1. The number of aromatic nitrogens is 3. The third kappa shape index (κ3) is 20.9. The second-order valence-electron chi connectivity index (χ2n) is 17.4. The molecule has 0 spiro atoms. The Bertz CT molecular complexity index is 2400. The number of carboxylic acids is 2. The number of hydrogen-bond donors (Lipinski definition) is 11. The van der Waals surface area contributed by atoms with Crippen LogP contribution in [0.3, 0.4) is 0 Å². The van der Waals surface area contributed by atoms with Crippen LogP contribution < -0.4 is 48.3 Å². The summed E-state index contributed by atoms with van der Waals surface area (Å²) in [6.45, 7) is 7.14. The monoisotopic (exact) mass is 1020 g/mol. The SMILES string of the molecule is CC[C@H](C)[C@H](NC(=O)[C@H](Cc1ccccn1)NC(=O)CNC(=O)[C@@H](NC(=O)[C@H](Cc1ccccn1)NC(=O)[C@H](CC(=O)O)NC(=O)[C@H](CCC(=O)O)NC(=O)[C@H](Cc1ccccn1)NC(C)=O)C(C)C)C(N)=O. The van der Waals surface area contributed by atoms with Gasteiger partial charge in [-0.2, -0.15) is 0 Å². The number of amides is 9. The van der Waals surface area contributed by atoms with E-state index in [4.69, 9.17) is 5.73 Å². The molecule has 0 bridgehead atoms. The molecule has 3 heterocycles. The molecule has 3 aromatic rings. The van der Waals surface area contributed by atoms with Crippen LogP contribution in [-0.2, 0) is 72.0 Å². The van der Waals surface area contributed by atoms with Gasteiger partial charge in [0, 0.05) is 68.3 Å². The van der Waals surface area contributed by atoms with E-state index in [-0.39, 0.29) is 30.9 Å². The maximum Gasteiger partial charge on any atom is 0.305 e. The number of aliphatic carboxylic acids is 2. The summed E-state index contributed by atoms with van der Waals surface area (Å²) in [5.41, 5.74) is 6.63. The zero-order chi connectivity index (χ0) is 54.2. The van der Waals surface area contributed by atoms with Crippen molar-refractivity contribution in [2.75, 3.05) is 6.54 Å². The van der Waals surface area contributed by atoms with E-state index < -0.39 is 139 Å². The van der Waals surface area contributed by atoms with Crippen molar-refractivity contribution in [3.63, 3.8) is 0 Å². The summed E-state index contributed by atoms with van der Waals surface area (Å²) in [7, 11) is 0. The fraction of sp³-hybridized carbons (Fsp3) is 0.458. The zero-order valence-electron chi connectivity index (χ0n) is 41.1. The molecule has 0 saturated heterocycles. The first-order valence-electron chi connectivity index (χ1n) is 23.4. The van der Waals surface area contributed by atoms with E-state index in [1.807, 2.05) is 6.92 Å². The molecule has 0 radical (unpaired) electrons. The molecule has 0 fully saturated rings. The molecule has 9 amide bonds. The van der Waals surface area contributed by atoms with E-state index >= 15 is 0 Å². The highest BCUT2D eigenvalue weighted by atomic mass is 16.4. The van der Waals surface area contributed by atoms with Crippen LogP contribution in [0.4, 0.5) is 0 Å². The van der Waals surface area contributed by atoms with Crippen molar-refractivity contribution >= 4 is 65.1 Å². The lowest BCUT2D eigenvalue weighted by Crippen LogP contribution is -2.60. The van der Waals surface area contributed by atoms with Gasteiger partial charge in [-0.1, -0.05) is 52.3 Å². The van der Waals surface area contributed by atoms with Crippen molar-refractivity contribution in [1.29, 1.82) is 0 Å². The first-order valence-corrected chi connectivity index (χ1v) is 23.4. The molecule has 0 aromatic carbocycles. The highest BCUT2D eigenvalue weighted by Gasteiger charge is 2.35. The molecule has 3 aromatic heterocycles. The van der Waals surface area contributed by atoms with Crippen LogP contribution in [0.15, 0.2) is 73.2 Å². The molecule has 3 rings (SSSR count). The van der Waals surface area contributed by atoms with Gasteiger partial charge in [-0.3, -0.25) is 67.7 Å². The smallest absolute Gasteiger partial charge is 0.305 e. The molecular formula is C48H64N12O13. The number of primary amides is 1. The minimum absolute atomic E-state index is 0.0983. The van der Waals surface area contributed by atoms with Gasteiger partial charge in [-0.25, -0.2) is 0 Å². The quantitative estimate of drug-likeness (QED) is 0.0343. The Morgan fingerprint density at radius 3 is 1.38 bits per heavy atom. The summed E-state index contributed by atoms with van der Waals surface area (Å²) in [6, 6.07) is 4.31. The van der Waals surface area contributed by atoms with E-state index in [9.17, 15) is 63.0 Å². The number of rotatable bonds is 30. The Morgan fingerprint density at radius 2 is 0.959 bits per heavy atom. The first kappa shape index (κ1) is 58.9. The molecular weight excluding hydrogens is 953 g/mol. The van der Waals surface area contributed by atoms with Gasteiger partial charge in [0.05, 0.1) is 13.0 Å². The standard InChI is InChI=1S/C48H64N12O13/c1-6-27(4)41(42(49)67)60-46(71)34(22-30-14-8-11-19-51-30)55-37(62)25-53-48(73)40(26(2)3)59-47(72)35(23-31-15-9-12-20-52-31)57-45(70)36(24-39(65)66)58-43(68)32(16-17-38(63)64)56-44(69)33(54-28(5)61)21-29-13-7-10-18-50-29/h7-15,18-20,26-27,32-36,40-41H,6,16-17,21-25H2,1-5H3,(H2,49,67)(H,53,73)(H,54,61)(H,55,62)(H,56,69)(H,57,70)(H,58,68)(H,59,72)(H,60,71)(H,63,64)(H,65,66)/t27-,32-,33-,34-,35-,36-,40-,41-/m0/s1. The van der Waals surface area contributed by atoms with E-state index in [0.717, 1.165) is 6.92 Å². The van der Waals surface area contributed by atoms with Crippen molar-refractivity contribution < 1.29 is 63.0 Å². The van der Waals surface area contributed by atoms with Crippen LogP contribution in [0.1, 0.15) is 77.4 Å². The Morgan fingerprint density at radius 1 is 0.534 bits per heavy atom. The normalized spacial score (nSPS) is 14.2. The molecule has 0 aliphatic rings. The number of carbonyl (C=O) groups excluding carboxylic acids is 9. The Labute approximate surface area is 420 Å². The maximum absolute atomic E-state index is 14.1. The van der Waals surface area contributed by atoms with Crippen molar-refractivity contribution in [2.45, 2.75) is 122 Å². The molecule has 394 valence electrons. The average molecular weight is 1020 g/mol. The highest BCUT2D eigenvalue weighted by Crippen LogP contribution is 2.11. The second-order valence-corrected chi connectivity index (χ2v) is 17.4. The van der Waals surface area contributed by atoms with Crippen molar-refractivity contribution in [3.8, 4) is 0 Å². The second kappa shape index (κ2) is 29.7. The first-order chi connectivity index (χ1) is 34.6. The van der Waals surface area contributed by atoms with Gasteiger partial charge in [-0.05, 0) is 54.7 Å². The van der Waals surface area contributed by atoms with Gasteiger partial charge in [-0.15, -0.1) is 0 Å². The van der Waals surface area contributed by atoms with Crippen LogP contribution in [-0.4, -0.2) is 139 Å². The topological polar surface area (TPSA) is 389 Å². The fourth-order valence-electron chi connectivity index (χ4n) is 7.09. The van der Waals surface area contributed by atoms with Crippen LogP contribution >= 0.6 is 0 Å². The van der Waals surface area contributed by atoms with Gasteiger partial charge < -0.3 is 58.5 Å². The van der Waals surface area contributed by atoms with E-state index in [1.54, 1.807) is 69.3 Å². The summed E-state index contributed by atoms with van der Waals surface area (Å²) in [5, 5.41) is 38.9. The summed E-state index contributed by atoms with van der Waals surface area (Å²) in [6.07, 6.45) is 2.03. The van der Waals surface area contributed by atoms with Crippen molar-refractivity contribution in [2.24, 2.45) is 17.6 Å². The van der Waals surface area contributed by atoms with E-state index in [1.165, 1.54) is 24.7 Å². The third-order valence-corrected chi connectivity index (χ3v) is 11.2. The van der Waals surface area contributed by atoms with Crippen molar-refractivity contribution in [3.05, 3.63) is 90.3 Å². The summed E-state index contributed by atoms with van der Waals surface area (Å²) in [4.78, 5) is 156. The molecule has 0 aliphatic heterocycles. The average Bonchev–Trinajstić information content (AvgIpc) is 3.34. The third-order valence-electron chi connectivity index (χ3n) is 11.2. The van der Waals surface area contributed by atoms with Gasteiger partial charge in [0.2, 0.25) is 53.2 Å². The number of nitrogens with two attached hydrogens (primary N) is 1. The molecule has 73 heavy (non-hydrogen) atoms. The minimum Gasteiger partial charge on any atom is -0.481 e. The van der Waals surface area contributed by atoms with E-state index in [0.29, 0.717) is 17.8 Å². The summed E-state index contributed by atoms with van der Waals surface area (Å²) >= 11 is 0. The fourth-order valence-corrected chi connectivity index (χ4v) is 7.09. The largest absolute Gasteiger partial charge is 0.481 e. The van der Waals surface area contributed by atoms with Gasteiger partial charge in [0.25, 0.3) is 0 Å². The van der Waals surface area contributed by atoms with Gasteiger partial charge in [0.1, 0.15) is 42.3 Å². The van der Waals surface area contributed by atoms with Crippen LogP contribution in [0.5, 0.6) is 0 Å². The number of carboxylic acid groups (broad SMARTS) is 2. The number of nitrogens with zero attached hydrogens (tertiary/aromatic N) is 3. The number of nitrogens with one attached hydrogen (secondary N) is 8. The Balaban J connectivity index is 1.83. The molecule has 0 aliphatic carbocycles. The molecule has 12 N–H and O–H groups in total. The molecule has 25 heteroatoms. The van der Waals surface area contributed by atoms with Crippen LogP contribution in [0.25, 0.3) is 0 Å². The van der Waals surface area contributed by atoms with Crippen molar-refractivity contribution in [1.82, 2.24) is 57.5 Å². The number of pyridine rings is 3. The lowest BCUT2D eigenvalue weighted by molar-refractivity contribution is -0.141. The van der Waals surface area contributed by atoms with Gasteiger partial charge in [0.15, 0.2) is 0 Å². The molecule has 8 atom stereocenters. The summed E-state index contributed by atoms with van der Waals surface area (Å²) < 4.78 is 0. The van der Waals surface area contributed by atoms with Crippen LogP contribution in [0, 0.1) is 11.8 Å². The lowest BCUT2D eigenvalue weighted by atomic mass is 9.98. The minimum atomic E-state index is -1.93. The molecule has 0 unspecified atom stereocenters. The lowest BCUT2D eigenvalue weighted by Gasteiger charge is -2.27. The number of carbonyl (C=O) groups is 11. The highest BCUT2D eigenvalue weighted by molar-refractivity contribution is 5.98. The predicted molar refractivity (Wildman–Crippen MR) is 259 cm³/mol. The number of hydrogen-bond acceptors (Lipinski definition) is 14. The summed E-state index contributed by atoms with van der Waals surface area (Å²) in [5.74, 6) is -12.0. The Kier molecular flexibility index (Phi) is 24.0. The predicted octanol–water partition coefficient (Wildman–Crippen LogP) is -2.04. The van der Waals surface area contributed by atoms with E-state index in [2.05, 4.69) is 57.5 Å². The van der Waals surface area contributed by atoms with Crippen LogP contribution in [0.2, 0.25) is 0 Å².